The quantitative estimate of drug-likeness (QED) is 0.822. The van der Waals surface area contributed by atoms with Crippen LogP contribution in [0.3, 0.4) is 0 Å². The fraction of sp³-hybridized carbons (Fsp3) is 0.375. The first-order chi connectivity index (χ1) is 5.74. The molecular formula is C8H11BrN2O. The molecule has 66 valence electrons. The number of pyridine rings is 1. The Morgan fingerprint density at radius 2 is 2.33 bits per heavy atom. The molecule has 0 aromatic carbocycles. The SMILES string of the molecule is NC(CCO)c1ccc(Br)cn1. The first-order valence-corrected chi connectivity index (χ1v) is 4.51. The highest BCUT2D eigenvalue weighted by Gasteiger charge is 2.05. The highest BCUT2D eigenvalue weighted by molar-refractivity contribution is 9.10. The van der Waals surface area contributed by atoms with Crippen LogP contribution in [0.1, 0.15) is 18.2 Å². The molecule has 3 N–H and O–H groups in total. The number of hydrogen-bond donors (Lipinski definition) is 2. The van der Waals surface area contributed by atoms with Gasteiger partial charge in [-0.15, -0.1) is 0 Å². The van der Waals surface area contributed by atoms with Crippen LogP contribution in [0, 0.1) is 0 Å². The highest BCUT2D eigenvalue weighted by atomic mass is 79.9. The molecule has 0 saturated heterocycles. The molecule has 12 heavy (non-hydrogen) atoms. The molecule has 1 aromatic rings. The van der Waals surface area contributed by atoms with Gasteiger partial charge < -0.3 is 10.8 Å². The fourth-order valence-electron chi connectivity index (χ4n) is 0.894. The van der Waals surface area contributed by atoms with Crippen molar-refractivity contribution in [3.63, 3.8) is 0 Å². The van der Waals surface area contributed by atoms with E-state index < -0.39 is 0 Å². The van der Waals surface area contributed by atoms with Crippen LogP contribution in [0.25, 0.3) is 0 Å². The number of aliphatic hydroxyl groups excluding tert-OH is 1. The van der Waals surface area contributed by atoms with E-state index in [0.29, 0.717) is 6.42 Å². The van der Waals surface area contributed by atoms with E-state index in [-0.39, 0.29) is 12.6 Å². The summed E-state index contributed by atoms with van der Waals surface area (Å²) < 4.78 is 0.933. The molecular weight excluding hydrogens is 220 g/mol. The number of hydrogen-bond acceptors (Lipinski definition) is 3. The summed E-state index contributed by atoms with van der Waals surface area (Å²) in [4.78, 5) is 4.11. The maximum atomic E-state index is 8.64. The summed E-state index contributed by atoms with van der Waals surface area (Å²) in [5.41, 5.74) is 6.53. The Morgan fingerprint density at radius 1 is 1.58 bits per heavy atom. The second-order valence-corrected chi connectivity index (χ2v) is 3.44. The normalized spacial score (nSPS) is 12.9. The summed E-state index contributed by atoms with van der Waals surface area (Å²) in [7, 11) is 0. The van der Waals surface area contributed by atoms with Crippen LogP contribution in [0.2, 0.25) is 0 Å². The Kier molecular flexibility index (Phi) is 3.65. The van der Waals surface area contributed by atoms with Crippen molar-refractivity contribution in [3.05, 3.63) is 28.5 Å². The molecule has 0 radical (unpaired) electrons. The van der Waals surface area contributed by atoms with E-state index in [1.54, 1.807) is 6.20 Å². The van der Waals surface area contributed by atoms with E-state index in [4.69, 9.17) is 10.8 Å². The van der Waals surface area contributed by atoms with Crippen molar-refractivity contribution in [1.82, 2.24) is 4.98 Å². The zero-order valence-electron chi connectivity index (χ0n) is 6.57. The molecule has 0 spiro atoms. The molecule has 0 aliphatic carbocycles. The molecule has 1 atom stereocenters. The molecule has 0 fully saturated rings. The topological polar surface area (TPSA) is 59.1 Å². The van der Waals surface area contributed by atoms with Crippen LogP contribution in [0.5, 0.6) is 0 Å². The van der Waals surface area contributed by atoms with Crippen molar-refractivity contribution in [2.24, 2.45) is 5.73 Å². The van der Waals surface area contributed by atoms with Gasteiger partial charge in [0.2, 0.25) is 0 Å². The summed E-state index contributed by atoms with van der Waals surface area (Å²) in [6.45, 7) is 0.0961. The lowest BCUT2D eigenvalue weighted by molar-refractivity contribution is 0.275. The zero-order valence-corrected chi connectivity index (χ0v) is 8.16. The van der Waals surface area contributed by atoms with Crippen molar-refractivity contribution in [3.8, 4) is 0 Å². The van der Waals surface area contributed by atoms with Crippen molar-refractivity contribution in [1.29, 1.82) is 0 Å². The van der Waals surface area contributed by atoms with E-state index in [0.717, 1.165) is 10.2 Å². The predicted octanol–water partition coefficient (Wildman–Crippen LogP) is 1.23. The number of rotatable bonds is 3. The number of aromatic nitrogens is 1. The molecule has 0 saturated carbocycles. The Hall–Kier alpha value is -0.450. The monoisotopic (exact) mass is 230 g/mol. The Bertz CT molecular complexity index is 237. The maximum Gasteiger partial charge on any atom is 0.0572 e. The van der Waals surface area contributed by atoms with Crippen LogP contribution in [-0.4, -0.2) is 16.7 Å². The van der Waals surface area contributed by atoms with Gasteiger partial charge in [-0.25, -0.2) is 0 Å². The summed E-state index contributed by atoms with van der Waals surface area (Å²) in [6, 6.07) is 3.58. The van der Waals surface area contributed by atoms with Gasteiger partial charge >= 0.3 is 0 Å². The van der Waals surface area contributed by atoms with Gasteiger partial charge in [0.15, 0.2) is 0 Å². The number of halogens is 1. The second kappa shape index (κ2) is 4.54. The molecule has 0 aliphatic rings. The van der Waals surface area contributed by atoms with Gasteiger partial charge in [0.1, 0.15) is 0 Å². The lowest BCUT2D eigenvalue weighted by atomic mass is 10.1. The minimum atomic E-state index is -0.164. The van der Waals surface area contributed by atoms with Gasteiger partial charge in [0.05, 0.1) is 5.69 Å². The van der Waals surface area contributed by atoms with Gasteiger partial charge in [0, 0.05) is 23.3 Å². The molecule has 4 heteroatoms. The van der Waals surface area contributed by atoms with Crippen LogP contribution in [0.4, 0.5) is 0 Å². The van der Waals surface area contributed by atoms with Crippen molar-refractivity contribution in [2.75, 3.05) is 6.61 Å². The number of nitrogens with two attached hydrogens (primary N) is 1. The number of nitrogens with zero attached hydrogens (tertiary/aromatic N) is 1. The third kappa shape index (κ3) is 2.55. The zero-order chi connectivity index (χ0) is 8.97. The molecule has 0 bridgehead atoms. The minimum absolute atomic E-state index is 0.0961. The van der Waals surface area contributed by atoms with Crippen molar-refractivity contribution in [2.45, 2.75) is 12.5 Å². The molecule has 0 aliphatic heterocycles. The molecule has 1 aromatic heterocycles. The van der Waals surface area contributed by atoms with Crippen LogP contribution < -0.4 is 5.73 Å². The molecule has 1 rings (SSSR count). The smallest absolute Gasteiger partial charge is 0.0572 e. The third-order valence-corrected chi connectivity index (χ3v) is 2.04. The highest BCUT2D eigenvalue weighted by Crippen LogP contribution is 2.13. The first kappa shape index (κ1) is 9.64. The Labute approximate surface area is 79.7 Å². The van der Waals surface area contributed by atoms with Crippen molar-refractivity contribution < 1.29 is 5.11 Å². The van der Waals surface area contributed by atoms with E-state index >= 15 is 0 Å². The third-order valence-electron chi connectivity index (χ3n) is 1.57. The predicted molar refractivity (Wildman–Crippen MR) is 50.6 cm³/mol. The Morgan fingerprint density at radius 3 is 2.83 bits per heavy atom. The van der Waals surface area contributed by atoms with Crippen LogP contribution >= 0.6 is 15.9 Å². The minimum Gasteiger partial charge on any atom is -0.396 e. The summed E-state index contributed by atoms with van der Waals surface area (Å²) in [5.74, 6) is 0. The van der Waals surface area contributed by atoms with Gasteiger partial charge in [-0.05, 0) is 34.5 Å². The lowest BCUT2D eigenvalue weighted by Gasteiger charge is -2.08. The molecule has 0 amide bonds. The van der Waals surface area contributed by atoms with Gasteiger partial charge in [-0.1, -0.05) is 0 Å². The van der Waals surface area contributed by atoms with Gasteiger partial charge in [0.25, 0.3) is 0 Å². The van der Waals surface area contributed by atoms with E-state index in [1.165, 1.54) is 0 Å². The molecule has 1 heterocycles. The average molecular weight is 231 g/mol. The van der Waals surface area contributed by atoms with Crippen LogP contribution in [-0.2, 0) is 0 Å². The summed E-state index contributed by atoms with van der Waals surface area (Å²) in [5, 5.41) is 8.64. The largest absolute Gasteiger partial charge is 0.396 e. The first-order valence-electron chi connectivity index (χ1n) is 3.72. The second-order valence-electron chi connectivity index (χ2n) is 2.52. The van der Waals surface area contributed by atoms with E-state index in [9.17, 15) is 0 Å². The van der Waals surface area contributed by atoms with E-state index in [2.05, 4.69) is 20.9 Å². The Balaban J connectivity index is 2.68. The van der Waals surface area contributed by atoms with Crippen molar-refractivity contribution >= 4 is 15.9 Å². The number of aliphatic hydroxyl groups is 1. The molecule has 1 unspecified atom stereocenters. The van der Waals surface area contributed by atoms with E-state index in [1.807, 2.05) is 12.1 Å². The summed E-state index contributed by atoms with van der Waals surface area (Å²) >= 11 is 3.28. The maximum absolute atomic E-state index is 8.64. The molecule has 3 nitrogen and oxygen atoms in total. The summed E-state index contributed by atoms with van der Waals surface area (Å²) in [6.07, 6.45) is 2.25. The van der Waals surface area contributed by atoms with Gasteiger partial charge in [-0.2, -0.15) is 0 Å². The standard InChI is InChI=1S/C8H11BrN2O/c9-6-1-2-8(11-5-6)7(10)3-4-12/h1-2,5,7,12H,3-4,10H2. The van der Waals surface area contributed by atoms with Gasteiger partial charge in [-0.3, -0.25) is 4.98 Å². The average Bonchev–Trinajstić information content (AvgIpc) is 2.06. The van der Waals surface area contributed by atoms with Crippen LogP contribution in [0.15, 0.2) is 22.8 Å². The fourth-order valence-corrected chi connectivity index (χ4v) is 1.13. The lowest BCUT2D eigenvalue weighted by Crippen LogP contribution is -2.13.